The summed E-state index contributed by atoms with van der Waals surface area (Å²) in [5.74, 6) is -0.0377. The third kappa shape index (κ3) is 2.85. The maximum absolute atomic E-state index is 12.4. The molecule has 0 bridgehead atoms. The highest BCUT2D eigenvalue weighted by Crippen LogP contribution is 2.28. The molecule has 6 heteroatoms. The number of piperazine rings is 1. The van der Waals surface area contributed by atoms with Crippen molar-refractivity contribution in [2.24, 2.45) is 0 Å². The summed E-state index contributed by atoms with van der Waals surface area (Å²) in [6, 6.07) is 7.60. The molecule has 0 aromatic heterocycles. The molecule has 2 amide bonds. The number of anilines is 2. The Labute approximate surface area is 124 Å². The normalized spacial score (nSPS) is 19.2. The van der Waals surface area contributed by atoms with Crippen LogP contribution in [0.3, 0.4) is 0 Å². The number of likely N-dealkylation sites (N-methyl/N-ethyl adjacent to an activating group) is 1. The third-order valence-corrected chi connectivity index (χ3v) is 4.08. The summed E-state index contributed by atoms with van der Waals surface area (Å²) in [7, 11) is 2.05. The fourth-order valence-electron chi connectivity index (χ4n) is 2.72. The minimum absolute atomic E-state index is 0.0214. The maximum Gasteiger partial charge on any atom is 0.246 e. The molecule has 0 aliphatic carbocycles. The summed E-state index contributed by atoms with van der Waals surface area (Å²) in [5, 5.41) is 3.08. The van der Waals surface area contributed by atoms with Crippen LogP contribution in [0.2, 0.25) is 0 Å². The van der Waals surface area contributed by atoms with Crippen LogP contribution in [0.15, 0.2) is 24.3 Å². The highest BCUT2D eigenvalue weighted by molar-refractivity contribution is 6.05. The van der Waals surface area contributed by atoms with Crippen LogP contribution in [0.25, 0.3) is 0 Å². The van der Waals surface area contributed by atoms with Crippen molar-refractivity contribution in [3.63, 3.8) is 0 Å². The van der Waals surface area contributed by atoms with E-state index in [4.69, 9.17) is 0 Å². The molecule has 0 atom stereocenters. The number of para-hydroxylation sites is 2. The SMILES string of the molecule is CN1CCN(C(=O)CN2C(=O)CNc3ccccc32)CC1. The lowest BCUT2D eigenvalue weighted by atomic mass is 10.2. The molecule has 1 N–H and O–H groups in total. The predicted octanol–water partition coefficient (Wildman–Crippen LogP) is 0.219. The number of nitrogens with zero attached hydrogens (tertiary/aromatic N) is 3. The van der Waals surface area contributed by atoms with Crippen LogP contribution >= 0.6 is 0 Å². The van der Waals surface area contributed by atoms with Gasteiger partial charge in [-0.15, -0.1) is 0 Å². The van der Waals surface area contributed by atoms with Crippen molar-refractivity contribution in [1.29, 1.82) is 0 Å². The van der Waals surface area contributed by atoms with Gasteiger partial charge in [0.15, 0.2) is 0 Å². The van der Waals surface area contributed by atoms with E-state index in [1.807, 2.05) is 29.2 Å². The smallest absolute Gasteiger partial charge is 0.246 e. The summed E-state index contributed by atoms with van der Waals surface area (Å²) in [5.41, 5.74) is 1.69. The zero-order valence-corrected chi connectivity index (χ0v) is 12.2. The van der Waals surface area contributed by atoms with E-state index < -0.39 is 0 Å². The van der Waals surface area contributed by atoms with Gasteiger partial charge in [-0.2, -0.15) is 0 Å². The lowest BCUT2D eigenvalue weighted by Gasteiger charge is -2.35. The van der Waals surface area contributed by atoms with Crippen LogP contribution < -0.4 is 10.2 Å². The molecule has 1 fully saturated rings. The van der Waals surface area contributed by atoms with Gasteiger partial charge in [0.1, 0.15) is 6.54 Å². The summed E-state index contributed by atoms with van der Waals surface area (Å²) >= 11 is 0. The molecule has 0 spiro atoms. The molecule has 21 heavy (non-hydrogen) atoms. The van der Waals surface area contributed by atoms with Crippen molar-refractivity contribution in [3.05, 3.63) is 24.3 Å². The highest BCUT2D eigenvalue weighted by atomic mass is 16.2. The molecular formula is C15H20N4O2. The number of hydrogen-bond acceptors (Lipinski definition) is 4. The monoisotopic (exact) mass is 288 g/mol. The summed E-state index contributed by atoms with van der Waals surface area (Å²) in [4.78, 5) is 30.2. The Kier molecular flexibility index (Phi) is 3.79. The number of amides is 2. The number of rotatable bonds is 2. The van der Waals surface area contributed by atoms with Crippen molar-refractivity contribution in [2.45, 2.75) is 0 Å². The van der Waals surface area contributed by atoms with E-state index in [2.05, 4.69) is 17.3 Å². The van der Waals surface area contributed by atoms with Crippen LogP contribution in [-0.4, -0.2) is 67.9 Å². The van der Waals surface area contributed by atoms with Crippen molar-refractivity contribution < 1.29 is 9.59 Å². The van der Waals surface area contributed by atoms with E-state index in [0.717, 1.165) is 37.6 Å². The van der Waals surface area contributed by atoms with Gasteiger partial charge in [-0.25, -0.2) is 0 Å². The number of carbonyl (C=O) groups is 2. The largest absolute Gasteiger partial charge is 0.374 e. The Morgan fingerprint density at radius 2 is 1.90 bits per heavy atom. The second-order valence-electron chi connectivity index (χ2n) is 5.53. The lowest BCUT2D eigenvalue weighted by Crippen LogP contribution is -2.52. The van der Waals surface area contributed by atoms with Gasteiger partial charge in [0, 0.05) is 26.2 Å². The van der Waals surface area contributed by atoms with Gasteiger partial charge in [0.05, 0.1) is 17.9 Å². The molecule has 112 valence electrons. The van der Waals surface area contributed by atoms with Gasteiger partial charge in [-0.1, -0.05) is 12.1 Å². The Morgan fingerprint density at radius 1 is 1.19 bits per heavy atom. The maximum atomic E-state index is 12.4. The van der Waals surface area contributed by atoms with Gasteiger partial charge in [-0.05, 0) is 19.2 Å². The predicted molar refractivity (Wildman–Crippen MR) is 81.4 cm³/mol. The molecule has 0 saturated carbocycles. The van der Waals surface area contributed by atoms with Crippen LogP contribution in [0.4, 0.5) is 11.4 Å². The van der Waals surface area contributed by atoms with Crippen LogP contribution in [0.5, 0.6) is 0 Å². The lowest BCUT2D eigenvalue weighted by molar-refractivity contribution is -0.132. The molecule has 0 unspecified atom stereocenters. The van der Waals surface area contributed by atoms with Crippen LogP contribution in [-0.2, 0) is 9.59 Å². The standard InChI is InChI=1S/C15H20N4O2/c1-17-6-8-18(9-7-17)15(21)11-19-13-5-3-2-4-12(13)16-10-14(19)20/h2-5,16H,6-11H2,1H3. The van der Waals surface area contributed by atoms with E-state index in [-0.39, 0.29) is 24.9 Å². The Hall–Kier alpha value is -2.08. The number of fused-ring (bicyclic) bond motifs is 1. The quantitative estimate of drug-likeness (QED) is 0.846. The zero-order chi connectivity index (χ0) is 14.8. The van der Waals surface area contributed by atoms with Gasteiger partial charge in [0.2, 0.25) is 11.8 Å². The fraction of sp³-hybridized carbons (Fsp3) is 0.467. The van der Waals surface area contributed by atoms with Crippen LogP contribution in [0.1, 0.15) is 0 Å². The van der Waals surface area contributed by atoms with Gasteiger partial charge in [0.25, 0.3) is 0 Å². The molecule has 1 aromatic rings. The topological polar surface area (TPSA) is 55.9 Å². The minimum Gasteiger partial charge on any atom is -0.374 e. The summed E-state index contributed by atoms with van der Waals surface area (Å²) in [6.45, 7) is 3.61. The number of carbonyl (C=O) groups excluding carboxylic acids is 2. The third-order valence-electron chi connectivity index (χ3n) is 4.08. The summed E-state index contributed by atoms with van der Waals surface area (Å²) in [6.07, 6.45) is 0. The fourth-order valence-corrected chi connectivity index (χ4v) is 2.72. The molecule has 6 nitrogen and oxygen atoms in total. The van der Waals surface area contributed by atoms with Crippen molar-refractivity contribution in [3.8, 4) is 0 Å². The molecule has 2 aliphatic heterocycles. The number of benzene rings is 1. The second-order valence-corrected chi connectivity index (χ2v) is 5.53. The van der Waals surface area contributed by atoms with E-state index in [1.165, 1.54) is 0 Å². The highest BCUT2D eigenvalue weighted by Gasteiger charge is 2.28. The molecule has 2 heterocycles. The van der Waals surface area contributed by atoms with Gasteiger partial charge < -0.3 is 15.1 Å². The minimum atomic E-state index is -0.0591. The first-order valence-electron chi connectivity index (χ1n) is 7.25. The Bertz CT molecular complexity index is 552. The molecule has 0 radical (unpaired) electrons. The van der Waals surface area contributed by atoms with Crippen molar-refractivity contribution in [1.82, 2.24) is 9.80 Å². The first kappa shape index (κ1) is 13.9. The van der Waals surface area contributed by atoms with Crippen molar-refractivity contribution in [2.75, 3.05) is 56.5 Å². The molecule has 1 aromatic carbocycles. The van der Waals surface area contributed by atoms with Gasteiger partial charge in [-0.3, -0.25) is 14.5 Å². The van der Waals surface area contributed by atoms with Crippen LogP contribution in [0, 0.1) is 0 Å². The van der Waals surface area contributed by atoms with E-state index >= 15 is 0 Å². The Morgan fingerprint density at radius 3 is 2.67 bits per heavy atom. The molecule has 3 rings (SSSR count). The summed E-state index contributed by atoms with van der Waals surface area (Å²) < 4.78 is 0. The van der Waals surface area contributed by atoms with E-state index in [0.29, 0.717) is 0 Å². The van der Waals surface area contributed by atoms with Crippen molar-refractivity contribution >= 4 is 23.2 Å². The zero-order valence-electron chi connectivity index (χ0n) is 12.2. The molecular weight excluding hydrogens is 268 g/mol. The first-order valence-corrected chi connectivity index (χ1v) is 7.25. The number of nitrogens with one attached hydrogen (secondary N) is 1. The second kappa shape index (κ2) is 5.73. The van der Waals surface area contributed by atoms with E-state index in [1.54, 1.807) is 4.90 Å². The molecule has 2 aliphatic rings. The number of hydrogen-bond donors (Lipinski definition) is 1. The average molecular weight is 288 g/mol. The average Bonchev–Trinajstić information content (AvgIpc) is 2.51. The first-order chi connectivity index (χ1) is 10.1. The molecule has 1 saturated heterocycles. The van der Waals surface area contributed by atoms with Gasteiger partial charge >= 0.3 is 0 Å². The Balaban J connectivity index is 1.72. The van der Waals surface area contributed by atoms with E-state index in [9.17, 15) is 9.59 Å².